The number of hydrogen-bond acceptors (Lipinski definition) is 6. The first-order chi connectivity index (χ1) is 14.0. The number of methoxy groups -OCH3 is 1. The quantitative estimate of drug-likeness (QED) is 0.603. The van der Waals surface area contributed by atoms with E-state index in [1.165, 1.54) is 11.3 Å². The van der Waals surface area contributed by atoms with E-state index < -0.39 is 11.9 Å². The topological polar surface area (TPSA) is 88.6 Å². The molecule has 2 aliphatic rings. The smallest absolute Gasteiger partial charge is 0.249 e. The van der Waals surface area contributed by atoms with Gasteiger partial charge in [-0.25, -0.2) is 4.98 Å². The molecular formula is C21H21N3O4S. The number of rotatable bonds is 5. The molecule has 3 amide bonds. The monoisotopic (exact) mass is 411 g/mol. The van der Waals surface area contributed by atoms with Crippen LogP contribution in [0.2, 0.25) is 0 Å². The third-order valence-corrected chi connectivity index (χ3v) is 6.19. The summed E-state index contributed by atoms with van der Waals surface area (Å²) >= 11 is 1.29. The van der Waals surface area contributed by atoms with Gasteiger partial charge in [-0.1, -0.05) is 12.2 Å². The molecule has 4 rings (SSSR count). The van der Waals surface area contributed by atoms with Gasteiger partial charge >= 0.3 is 0 Å². The summed E-state index contributed by atoms with van der Waals surface area (Å²) in [5, 5.41) is 5.00. The fourth-order valence-electron chi connectivity index (χ4n) is 3.76. The first-order valence-electron chi connectivity index (χ1n) is 9.42. The second kappa shape index (κ2) is 7.79. The van der Waals surface area contributed by atoms with Crippen LogP contribution in [0.15, 0.2) is 41.8 Å². The van der Waals surface area contributed by atoms with Crippen LogP contribution in [0.5, 0.6) is 5.75 Å². The van der Waals surface area contributed by atoms with Gasteiger partial charge in [0.2, 0.25) is 17.7 Å². The second-order valence-electron chi connectivity index (χ2n) is 7.13. The van der Waals surface area contributed by atoms with Crippen molar-refractivity contribution in [1.29, 1.82) is 0 Å². The molecule has 3 atom stereocenters. The molecule has 150 valence electrons. The van der Waals surface area contributed by atoms with Crippen LogP contribution in [-0.2, 0) is 14.4 Å². The van der Waals surface area contributed by atoms with Crippen molar-refractivity contribution in [1.82, 2.24) is 9.88 Å². The Kier molecular flexibility index (Phi) is 5.19. The molecule has 2 heterocycles. The maximum absolute atomic E-state index is 12.7. The number of likely N-dealkylation sites (tertiary alicyclic amines) is 1. The lowest BCUT2D eigenvalue weighted by Crippen LogP contribution is -2.46. The number of ether oxygens (including phenoxy) is 1. The molecule has 1 aromatic carbocycles. The van der Waals surface area contributed by atoms with Gasteiger partial charge in [0.1, 0.15) is 11.8 Å². The fraction of sp³-hybridized carbons (Fsp3) is 0.333. The van der Waals surface area contributed by atoms with Gasteiger partial charge in [0.25, 0.3) is 0 Å². The summed E-state index contributed by atoms with van der Waals surface area (Å²) in [5.41, 5.74) is 1.63. The van der Waals surface area contributed by atoms with Crippen LogP contribution in [-0.4, -0.2) is 40.8 Å². The number of nitrogens with one attached hydrogen (secondary N) is 1. The summed E-state index contributed by atoms with van der Waals surface area (Å²) in [4.78, 5) is 43.6. The fourth-order valence-corrected chi connectivity index (χ4v) is 4.48. The molecule has 0 spiro atoms. The van der Waals surface area contributed by atoms with E-state index in [9.17, 15) is 14.4 Å². The van der Waals surface area contributed by atoms with E-state index in [1.807, 2.05) is 41.8 Å². The van der Waals surface area contributed by atoms with Crippen LogP contribution in [0.3, 0.4) is 0 Å². The van der Waals surface area contributed by atoms with E-state index in [0.29, 0.717) is 18.0 Å². The van der Waals surface area contributed by atoms with Gasteiger partial charge in [-0.15, -0.1) is 11.3 Å². The molecule has 1 saturated heterocycles. The SMILES string of the molecule is COc1ccc(-c2csc(NC(=O)[C@H](C)N3C(=O)[C@H]4CC=CC[C@@H]4C3=O)n2)cc1. The second-order valence-corrected chi connectivity index (χ2v) is 7.99. The lowest BCUT2D eigenvalue weighted by atomic mass is 9.85. The summed E-state index contributed by atoms with van der Waals surface area (Å²) < 4.78 is 5.15. The molecular weight excluding hydrogens is 390 g/mol. The van der Waals surface area contributed by atoms with Crippen molar-refractivity contribution < 1.29 is 19.1 Å². The number of thiazole rings is 1. The number of aromatic nitrogens is 1. The molecule has 1 N–H and O–H groups in total. The summed E-state index contributed by atoms with van der Waals surface area (Å²) in [6, 6.07) is 6.58. The highest BCUT2D eigenvalue weighted by atomic mass is 32.1. The third kappa shape index (κ3) is 3.55. The molecule has 8 heteroatoms. The molecule has 0 unspecified atom stereocenters. The van der Waals surface area contributed by atoms with Crippen LogP contribution < -0.4 is 10.1 Å². The zero-order chi connectivity index (χ0) is 20.5. The standard InChI is InChI=1S/C21H21N3O4S/c1-12(24-19(26)15-5-3-4-6-16(15)20(24)27)18(25)23-21-22-17(11-29-21)13-7-9-14(28-2)10-8-13/h3-4,7-12,15-16H,5-6H2,1-2H3,(H,22,23,25)/t12-,15-,16-/m0/s1. The molecule has 7 nitrogen and oxygen atoms in total. The minimum absolute atomic E-state index is 0.259. The highest BCUT2D eigenvalue weighted by Crippen LogP contribution is 2.36. The number of anilines is 1. The van der Waals surface area contributed by atoms with Gasteiger partial charge in [0.15, 0.2) is 5.13 Å². The van der Waals surface area contributed by atoms with Gasteiger partial charge in [-0.3, -0.25) is 19.3 Å². The number of imide groups is 1. The van der Waals surface area contributed by atoms with E-state index in [1.54, 1.807) is 14.0 Å². The van der Waals surface area contributed by atoms with Gasteiger partial charge in [0.05, 0.1) is 24.6 Å². The highest BCUT2D eigenvalue weighted by molar-refractivity contribution is 7.14. The Labute approximate surface area is 172 Å². The van der Waals surface area contributed by atoms with Crippen molar-refractivity contribution in [2.75, 3.05) is 12.4 Å². The van der Waals surface area contributed by atoms with Gasteiger partial charge in [0, 0.05) is 10.9 Å². The summed E-state index contributed by atoms with van der Waals surface area (Å²) in [5.74, 6) is -0.875. The average molecular weight is 411 g/mol. The Morgan fingerprint density at radius 2 is 1.79 bits per heavy atom. The molecule has 2 aromatic rings. The van der Waals surface area contributed by atoms with Crippen molar-refractivity contribution in [3.63, 3.8) is 0 Å². The van der Waals surface area contributed by atoms with Crippen LogP contribution in [0.1, 0.15) is 19.8 Å². The lowest BCUT2D eigenvalue weighted by molar-refractivity contribution is -0.146. The minimum atomic E-state index is -0.881. The van der Waals surface area contributed by atoms with Crippen molar-refractivity contribution in [3.05, 3.63) is 41.8 Å². The molecule has 0 radical (unpaired) electrons. The maximum atomic E-state index is 12.7. The highest BCUT2D eigenvalue weighted by Gasteiger charge is 2.50. The predicted octanol–water partition coefficient (Wildman–Crippen LogP) is 3.10. The van der Waals surface area contributed by atoms with E-state index in [2.05, 4.69) is 10.3 Å². The Morgan fingerprint density at radius 1 is 1.17 bits per heavy atom. The van der Waals surface area contributed by atoms with E-state index in [0.717, 1.165) is 21.9 Å². The van der Waals surface area contributed by atoms with Crippen LogP contribution >= 0.6 is 11.3 Å². The van der Waals surface area contributed by atoms with Crippen LogP contribution in [0, 0.1) is 11.8 Å². The van der Waals surface area contributed by atoms with Crippen molar-refractivity contribution >= 4 is 34.2 Å². The molecule has 1 aliphatic carbocycles. The number of carbonyl (C=O) groups is 3. The lowest BCUT2D eigenvalue weighted by Gasteiger charge is -2.21. The van der Waals surface area contributed by atoms with E-state index in [4.69, 9.17) is 4.74 Å². The Hall–Kier alpha value is -3.00. The van der Waals surface area contributed by atoms with Gasteiger partial charge in [-0.05, 0) is 44.0 Å². The number of nitrogens with zero attached hydrogens (tertiary/aromatic N) is 2. The summed E-state index contributed by atoms with van der Waals surface area (Å²) in [6.07, 6.45) is 4.96. The summed E-state index contributed by atoms with van der Waals surface area (Å²) in [7, 11) is 1.61. The molecule has 1 aliphatic heterocycles. The molecule has 0 saturated carbocycles. The van der Waals surface area contributed by atoms with E-state index in [-0.39, 0.29) is 23.7 Å². The van der Waals surface area contributed by atoms with Gasteiger partial charge < -0.3 is 10.1 Å². The number of hydrogen-bond donors (Lipinski definition) is 1. The predicted molar refractivity (Wildman–Crippen MR) is 109 cm³/mol. The molecule has 1 aromatic heterocycles. The minimum Gasteiger partial charge on any atom is -0.497 e. The average Bonchev–Trinajstić information content (AvgIpc) is 3.31. The molecule has 1 fully saturated rings. The molecule has 0 bridgehead atoms. The van der Waals surface area contributed by atoms with Crippen molar-refractivity contribution in [2.24, 2.45) is 11.8 Å². The zero-order valence-corrected chi connectivity index (χ0v) is 16.9. The zero-order valence-electron chi connectivity index (χ0n) is 16.1. The number of benzene rings is 1. The van der Waals surface area contributed by atoms with E-state index >= 15 is 0 Å². The van der Waals surface area contributed by atoms with Crippen LogP contribution in [0.4, 0.5) is 5.13 Å². The first-order valence-corrected chi connectivity index (χ1v) is 10.3. The number of amides is 3. The third-order valence-electron chi connectivity index (χ3n) is 5.43. The van der Waals surface area contributed by atoms with Gasteiger partial charge in [-0.2, -0.15) is 0 Å². The Morgan fingerprint density at radius 3 is 2.38 bits per heavy atom. The van der Waals surface area contributed by atoms with Crippen LogP contribution in [0.25, 0.3) is 11.3 Å². The molecule has 29 heavy (non-hydrogen) atoms. The van der Waals surface area contributed by atoms with Crippen molar-refractivity contribution in [3.8, 4) is 17.0 Å². The maximum Gasteiger partial charge on any atom is 0.249 e. The number of carbonyl (C=O) groups excluding carboxylic acids is 3. The Balaban J connectivity index is 1.45. The Bertz CT molecular complexity index is 956. The van der Waals surface area contributed by atoms with Crippen molar-refractivity contribution in [2.45, 2.75) is 25.8 Å². The largest absolute Gasteiger partial charge is 0.497 e. The summed E-state index contributed by atoms with van der Waals surface area (Å²) in [6.45, 7) is 1.58. The number of allylic oxidation sites excluding steroid dienone is 2. The number of fused-ring (bicyclic) bond motifs is 1. The first kappa shape index (κ1) is 19.3. The normalized spacial score (nSPS) is 21.8.